The molecule has 0 saturated heterocycles. The summed E-state index contributed by atoms with van der Waals surface area (Å²) in [5.41, 5.74) is 7.30. The molecule has 0 heterocycles. The Morgan fingerprint density at radius 2 is 1.71 bits per heavy atom. The summed E-state index contributed by atoms with van der Waals surface area (Å²) in [6.07, 6.45) is 4.78. The standard InChI is InChI=1S/C17H14/c1-11-9-10-16-14-6-3-2-5-13(14)15-8-4-7-12(11)17(15)16/h2-3,5-7,9-10H,4,8H2,1H3. The van der Waals surface area contributed by atoms with Gasteiger partial charge in [-0.05, 0) is 58.0 Å². The van der Waals surface area contributed by atoms with Crippen LogP contribution in [-0.4, -0.2) is 0 Å². The first kappa shape index (κ1) is 9.23. The molecule has 0 N–H and O–H groups in total. The molecule has 0 spiro atoms. The fourth-order valence-electron chi connectivity index (χ4n) is 3.27. The fourth-order valence-corrected chi connectivity index (χ4v) is 3.27. The van der Waals surface area contributed by atoms with Gasteiger partial charge in [-0.2, -0.15) is 0 Å². The van der Waals surface area contributed by atoms with Gasteiger partial charge in [0, 0.05) is 0 Å². The Balaban J connectivity index is 2.28. The molecule has 0 fully saturated rings. The highest BCUT2D eigenvalue weighted by atomic mass is 14.2. The van der Waals surface area contributed by atoms with Crippen molar-refractivity contribution in [3.63, 3.8) is 0 Å². The Labute approximate surface area is 101 Å². The van der Waals surface area contributed by atoms with E-state index in [1.807, 2.05) is 0 Å². The van der Waals surface area contributed by atoms with Crippen LogP contribution in [0.2, 0.25) is 0 Å². The van der Waals surface area contributed by atoms with Crippen molar-refractivity contribution in [2.24, 2.45) is 0 Å². The number of hydrogen-bond acceptors (Lipinski definition) is 0. The van der Waals surface area contributed by atoms with Crippen LogP contribution in [0.1, 0.15) is 24.0 Å². The summed E-state index contributed by atoms with van der Waals surface area (Å²) in [7, 11) is 0. The van der Waals surface area contributed by atoms with Crippen LogP contribution in [0.15, 0.2) is 36.4 Å². The SMILES string of the molecule is Cc1ccc2c3c1=CCCC=3c1ccccc1-2. The number of hydrogen-bond donors (Lipinski definition) is 0. The van der Waals surface area contributed by atoms with Crippen LogP contribution in [0.25, 0.3) is 22.8 Å². The minimum atomic E-state index is 1.18. The highest BCUT2D eigenvalue weighted by Gasteiger charge is 2.21. The van der Waals surface area contributed by atoms with Crippen LogP contribution >= 0.6 is 0 Å². The van der Waals surface area contributed by atoms with Crippen molar-refractivity contribution in [2.75, 3.05) is 0 Å². The highest BCUT2D eigenvalue weighted by molar-refractivity contribution is 5.90. The van der Waals surface area contributed by atoms with Gasteiger partial charge >= 0.3 is 0 Å². The van der Waals surface area contributed by atoms with Gasteiger partial charge in [0.25, 0.3) is 0 Å². The van der Waals surface area contributed by atoms with Gasteiger partial charge in [0.05, 0.1) is 0 Å². The Hall–Kier alpha value is -1.82. The molecule has 4 rings (SSSR count). The number of rotatable bonds is 0. The predicted molar refractivity (Wildman–Crippen MR) is 72.1 cm³/mol. The zero-order valence-corrected chi connectivity index (χ0v) is 9.96. The summed E-state index contributed by atoms with van der Waals surface area (Å²) in [5.74, 6) is 0. The summed E-state index contributed by atoms with van der Waals surface area (Å²) in [4.78, 5) is 0. The van der Waals surface area contributed by atoms with Gasteiger partial charge in [-0.1, -0.05) is 42.5 Å². The van der Waals surface area contributed by atoms with Gasteiger partial charge in [-0.15, -0.1) is 0 Å². The molecule has 0 radical (unpaired) electrons. The van der Waals surface area contributed by atoms with E-state index in [1.165, 1.54) is 45.5 Å². The van der Waals surface area contributed by atoms with E-state index in [9.17, 15) is 0 Å². The van der Waals surface area contributed by atoms with Crippen molar-refractivity contribution < 1.29 is 0 Å². The van der Waals surface area contributed by atoms with E-state index in [2.05, 4.69) is 49.4 Å². The van der Waals surface area contributed by atoms with Crippen molar-refractivity contribution in [2.45, 2.75) is 19.8 Å². The Kier molecular flexibility index (Phi) is 1.69. The van der Waals surface area contributed by atoms with E-state index >= 15 is 0 Å². The second kappa shape index (κ2) is 3.10. The van der Waals surface area contributed by atoms with Crippen LogP contribution in [-0.2, 0) is 0 Å². The van der Waals surface area contributed by atoms with E-state index < -0.39 is 0 Å². The van der Waals surface area contributed by atoms with Crippen LogP contribution in [0, 0.1) is 6.92 Å². The summed E-state index contributed by atoms with van der Waals surface area (Å²) in [6.45, 7) is 2.22. The highest BCUT2D eigenvalue weighted by Crippen LogP contribution is 2.34. The molecule has 2 aliphatic carbocycles. The lowest BCUT2D eigenvalue weighted by atomic mass is 9.96. The van der Waals surface area contributed by atoms with Crippen molar-refractivity contribution in [3.05, 3.63) is 58.0 Å². The summed E-state index contributed by atoms with van der Waals surface area (Å²) >= 11 is 0. The van der Waals surface area contributed by atoms with Gasteiger partial charge in [0.2, 0.25) is 0 Å². The van der Waals surface area contributed by atoms with E-state index in [0.29, 0.717) is 0 Å². The number of fused-ring (bicyclic) bond motifs is 3. The lowest BCUT2D eigenvalue weighted by molar-refractivity contribution is 1.08. The third-order valence-corrected chi connectivity index (χ3v) is 4.05. The van der Waals surface area contributed by atoms with Crippen LogP contribution < -0.4 is 10.4 Å². The molecule has 2 aliphatic rings. The quantitative estimate of drug-likeness (QED) is 0.638. The Bertz CT molecular complexity index is 748. The zero-order chi connectivity index (χ0) is 11.4. The average Bonchev–Trinajstić information content (AvgIpc) is 2.70. The maximum Gasteiger partial charge on any atom is -0.00673 e. The van der Waals surface area contributed by atoms with Crippen molar-refractivity contribution in [3.8, 4) is 11.1 Å². The van der Waals surface area contributed by atoms with Crippen LogP contribution in [0.4, 0.5) is 0 Å². The molecule has 0 aromatic heterocycles. The molecule has 0 atom stereocenters. The third-order valence-electron chi connectivity index (χ3n) is 4.05. The Morgan fingerprint density at radius 3 is 2.59 bits per heavy atom. The van der Waals surface area contributed by atoms with Crippen molar-refractivity contribution >= 4 is 11.6 Å². The van der Waals surface area contributed by atoms with E-state index in [-0.39, 0.29) is 0 Å². The van der Waals surface area contributed by atoms with E-state index in [1.54, 1.807) is 5.57 Å². The summed E-state index contributed by atoms with van der Waals surface area (Å²) in [5, 5.41) is 2.98. The number of aryl methyl sites for hydroxylation is 1. The first-order valence-corrected chi connectivity index (χ1v) is 6.29. The molecule has 0 saturated carbocycles. The molecule has 0 bridgehead atoms. The minimum Gasteiger partial charge on any atom is -0.0760 e. The van der Waals surface area contributed by atoms with E-state index in [0.717, 1.165) is 0 Å². The lowest BCUT2D eigenvalue weighted by Gasteiger charge is -2.08. The molecule has 17 heavy (non-hydrogen) atoms. The zero-order valence-electron chi connectivity index (χ0n) is 9.96. The minimum absolute atomic E-state index is 1.18. The van der Waals surface area contributed by atoms with E-state index in [4.69, 9.17) is 0 Å². The van der Waals surface area contributed by atoms with Crippen LogP contribution in [0.5, 0.6) is 0 Å². The second-order valence-corrected chi connectivity index (χ2v) is 4.99. The molecule has 2 aromatic carbocycles. The third kappa shape index (κ3) is 1.08. The lowest BCUT2D eigenvalue weighted by Crippen LogP contribution is -2.31. The molecule has 0 aliphatic heterocycles. The monoisotopic (exact) mass is 218 g/mol. The maximum atomic E-state index is 2.41. The largest absolute Gasteiger partial charge is 0.0760 e. The first-order valence-electron chi connectivity index (χ1n) is 6.29. The van der Waals surface area contributed by atoms with Crippen molar-refractivity contribution in [1.82, 2.24) is 0 Å². The molecule has 0 nitrogen and oxygen atoms in total. The second-order valence-electron chi connectivity index (χ2n) is 4.99. The van der Waals surface area contributed by atoms with Gasteiger partial charge in [0.15, 0.2) is 0 Å². The summed E-state index contributed by atoms with van der Waals surface area (Å²) in [6, 6.07) is 13.4. The average molecular weight is 218 g/mol. The maximum absolute atomic E-state index is 2.41. The molecular weight excluding hydrogens is 204 g/mol. The Morgan fingerprint density at radius 1 is 0.882 bits per heavy atom. The summed E-state index contributed by atoms with van der Waals surface area (Å²) < 4.78 is 0. The predicted octanol–water partition coefficient (Wildman–Crippen LogP) is 2.75. The number of benzene rings is 2. The van der Waals surface area contributed by atoms with Gasteiger partial charge in [0.1, 0.15) is 0 Å². The first-order chi connectivity index (χ1) is 8.36. The molecular formula is C17H14. The molecule has 82 valence electrons. The molecule has 0 amide bonds. The molecule has 0 unspecified atom stereocenters. The van der Waals surface area contributed by atoms with Crippen LogP contribution in [0.3, 0.4) is 0 Å². The van der Waals surface area contributed by atoms with Gasteiger partial charge < -0.3 is 0 Å². The van der Waals surface area contributed by atoms with Gasteiger partial charge in [-0.25, -0.2) is 0 Å². The normalized spacial score (nSPS) is 15.2. The fraction of sp³-hybridized carbons (Fsp3) is 0.176. The van der Waals surface area contributed by atoms with Crippen molar-refractivity contribution in [1.29, 1.82) is 0 Å². The van der Waals surface area contributed by atoms with Gasteiger partial charge in [-0.3, -0.25) is 0 Å². The molecule has 2 aromatic rings. The smallest absolute Gasteiger partial charge is 0.00673 e. The topological polar surface area (TPSA) is 0 Å². The molecule has 0 heteroatoms.